The van der Waals surface area contributed by atoms with Crippen LogP contribution in [0.5, 0.6) is 0 Å². The van der Waals surface area contributed by atoms with Crippen LogP contribution in [0.4, 0.5) is 14.9 Å². The van der Waals surface area contributed by atoms with Gasteiger partial charge in [0.05, 0.1) is 22.3 Å². The lowest BCUT2D eigenvalue weighted by Crippen LogP contribution is -2.16. The predicted molar refractivity (Wildman–Crippen MR) is 121 cm³/mol. The van der Waals surface area contributed by atoms with Crippen molar-refractivity contribution in [1.29, 1.82) is 0 Å². The fraction of sp³-hybridized carbons (Fsp3) is 0.130. The van der Waals surface area contributed by atoms with Crippen molar-refractivity contribution in [1.82, 2.24) is 15.0 Å². The van der Waals surface area contributed by atoms with E-state index < -0.39 is 0 Å². The molecule has 0 unspecified atom stereocenters. The number of aryl methyl sites for hydroxylation is 1. The lowest BCUT2D eigenvalue weighted by atomic mass is 10.0. The van der Waals surface area contributed by atoms with Gasteiger partial charge in [0.15, 0.2) is 0 Å². The van der Waals surface area contributed by atoms with Crippen molar-refractivity contribution < 1.29 is 18.5 Å². The maximum absolute atomic E-state index is 13.3. The molecule has 0 saturated heterocycles. The number of thioether (sulfide) groups is 1. The molecule has 0 bridgehead atoms. The zero-order valence-electron chi connectivity index (χ0n) is 17.5. The standard InChI is InChI=1S/C23H19FN4O3S/c1-13-20-18(12-19(26-22(20)31-27-13)14-4-6-15(24)7-5-14)21(29)25-16-8-10-17(11-9-16)32-23(30)28(2)3/h4-12H,1-3H3,(H,25,29). The van der Waals surface area contributed by atoms with Crippen LogP contribution in [0.25, 0.3) is 22.4 Å². The molecule has 4 rings (SSSR count). The first kappa shape index (κ1) is 21.5. The van der Waals surface area contributed by atoms with Gasteiger partial charge >= 0.3 is 0 Å². The summed E-state index contributed by atoms with van der Waals surface area (Å²) in [5.41, 5.74) is 2.78. The number of benzene rings is 2. The van der Waals surface area contributed by atoms with Gasteiger partial charge in [0.25, 0.3) is 16.9 Å². The average Bonchev–Trinajstić information content (AvgIpc) is 3.15. The predicted octanol–water partition coefficient (Wildman–Crippen LogP) is 5.36. The van der Waals surface area contributed by atoms with Crippen LogP contribution >= 0.6 is 11.8 Å². The summed E-state index contributed by atoms with van der Waals surface area (Å²) in [5.74, 6) is -0.728. The quantitative estimate of drug-likeness (QED) is 0.421. The van der Waals surface area contributed by atoms with Gasteiger partial charge < -0.3 is 14.7 Å². The van der Waals surface area contributed by atoms with Crippen LogP contribution in [0.2, 0.25) is 0 Å². The number of hydrogen-bond acceptors (Lipinski definition) is 6. The van der Waals surface area contributed by atoms with Gasteiger partial charge in [0, 0.05) is 30.2 Å². The number of anilines is 1. The zero-order chi connectivity index (χ0) is 22.8. The number of aromatic nitrogens is 2. The number of nitrogens with zero attached hydrogens (tertiary/aromatic N) is 3. The highest BCUT2D eigenvalue weighted by Crippen LogP contribution is 2.28. The Kier molecular flexibility index (Phi) is 5.91. The topological polar surface area (TPSA) is 88.3 Å². The molecule has 0 aliphatic rings. The van der Waals surface area contributed by atoms with Crippen molar-refractivity contribution >= 4 is 39.7 Å². The minimum Gasteiger partial charge on any atom is -0.339 e. The highest BCUT2D eigenvalue weighted by molar-refractivity contribution is 8.13. The first-order valence-corrected chi connectivity index (χ1v) is 10.5. The summed E-state index contributed by atoms with van der Waals surface area (Å²) in [4.78, 5) is 31.7. The number of amides is 2. The third-order valence-corrected chi connectivity index (χ3v) is 5.73. The van der Waals surface area contributed by atoms with Gasteiger partial charge in [-0.15, -0.1) is 0 Å². The molecule has 7 nitrogen and oxygen atoms in total. The Hall–Kier alpha value is -3.72. The molecule has 1 N–H and O–H groups in total. The van der Waals surface area contributed by atoms with E-state index in [0.29, 0.717) is 33.6 Å². The lowest BCUT2D eigenvalue weighted by Gasteiger charge is -2.10. The molecule has 0 saturated carbocycles. The summed E-state index contributed by atoms with van der Waals surface area (Å²) in [6.45, 7) is 1.73. The second-order valence-electron chi connectivity index (χ2n) is 7.25. The normalized spacial score (nSPS) is 10.9. The molecule has 9 heteroatoms. The Labute approximate surface area is 187 Å². The van der Waals surface area contributed by atoms with E-state index in [0.717, 1.165) is 16.7 Å². The number of hydrogen-bond donors (Lipinski definition) is 1. The van der Waals surface area contributed by atoms with E-state index in [-0.39, 0.29) is 22.7 Å². The number of halogens is 1. The van der Waals surface area contributed by atoms with E-state index in [1.165, 1.54) is 17.0 Å². The van der Waals surface area contributed by atoms with Crippen LogP contribution < -0.4 is 5.32 Å². The molecule has 2 aromatic heterocycles. The zero-order valence-corrected chi connectivity index (χ0v) is 18.4. The first-order chi connectivity index (χ1) is 15.3. The van der Waals surface area contributed by atoms with E-state index >= 15 is 0 Å². The number of pyridine rings is 1. The second kappa shape index (κ2) is 8.80. The van der Waals surface area contributed by atoms with Gasteiger partial charge in [-0.3, -0.25) is 9.59 Å². The van der Waals surface area contributed by atoms with Crippen molar-refractivity contribution in [3.8, 4) is 11.3 Å². The monoisotopic (exact) mass is 450 g/mol. The Morgan fingerprint density at radius 1 is 1.06 bits per heavy atom. The molecule has 0 atom stereocenters. The summed E-state index contributed by atoms with van der Waals surface area (Å²) in [6, 6.07) is 14.4. The molecular weight excluding hydrogens is 431 g/mol. The average molecular weight is 450 g/mol. The van der Waals surface area contributed by atoms with Gasteiger partial charge in [0.2, 0.25) is 0 Å². The maximum Gasteiger partial charge on any atom is 0.285 e. The Morgan fingerprint density at radius 2 is 1.75 bits per heavy atom. The molecule has 162 valence electrons. The third-order valence-electron chi connectivity index (χ3n) is 4.68. The van der Waals surface area contributed by atoms with Crippen molar-refractivity contribution in [3.63, 3.8) is 0 Å². The SMILES string of the molecule is Cc1noc2nc(-c3ccc(F)cc3)cc(C(=O)Nc3ccc(SC(=O)N(C)C)cc3)c12. The van der Waals surface area contributed by atoms with Gasteiger partial charge in [-0.1, -0.05) is 5.16 Å². The number of carbonyl (C=O) groups is 2. The number of carbonyl (C=O) groups excluding carboxylic acids is 2. The van der Waals surface area contributed by atoms with Gasteiger partial charge in [0.1, 0.15) is 5.82 Å². The number of nitrogens with one attached hydrogen (secondary N) is 1. The van der Waals surface area contributed by atoms with Crippen LogP contribution in [0.1, 0.15) is 16.1 Å². The minimum atomic E-state index is -0.364. The number of fused-ring (bicyclic) bond motifs is 1. The van der Waals surface area contributed by atoms with Crippen molar-refractivity contribution in [3.05, 3.63) is 71.7 Å². The highest BCUT2D eigenvalue weighted by Gasteiger charge is 2.20. The van der Waals surface area contributed by atoms with Crippen LogP contribution in [0.15, 0.2) is 64.0 Å². The molecule has 2 heterocycles. The van der Waals surface area contributed by atoms with Gasteiger partial charge in [-0.25, -0.2) is 9.37 Å². The summed E-state index contributed by atoms with van der Waals surface area (Å²) in [6.07, 6.45) is 0. The van der Waals surface area contributed by atoms with Crippen LogP contribution in [0.3, 0.4) is 0 Å². The van der Waals surface area contributed by atoms with E-state index in [1.807, 2.05) is 0 Å². The molecule has 2 amide bonds. The van der Waals surface area contributed by atoms with E-state index in [4.69, 9.17) is 4.52 Å². The Bertz CT molecular complexity index is 1300. The molecule has 0 aliphatic carbocycles. The Morgan fingerprint density at radius 3 is 2.41 bits per heavy atom. The summed E-state index contributed by atoms with van der Waals surface area (Å²) in [5, 5.41) is 7.21. The minimum absolute atomic E-state index is 0.0859. The molecule has 0 aliphatic heterocycles. The Balaban J connectivity index is 1.63. The van der Waals surface area contributed by atoms with E-state index in [9.17, 15) is 14.0 Å². The van der Waals surface area contributed by atoms with E-state index in [2.05, 4.69) is 15.5 Å². The molecule has 0 radical (unpaired) electrons. The molecule has 4 aromatic rings. The molecule has 0 spiro atoms. The van der Waals surface area contributed by atoms with Gasteiger partial charge in [-0.2, -0.15) is 0 Å². The smallest absolute Gasteiger partial charge is 0.285 e. The molecule has 0 fully saturated rings. The van der Waals surface area contributed by atoms with Gasteiger partial charge in [-0.05, 0) is 73.3 Å². The van der Waals surface area contributed by atoms with Crippen molar-refractivity contribution in [2.45, 2.75) is 11.8 Å². The molecule has 2 aromatic carbocycles. The molecular formula is C23H19FN4O3S. The maximum atomic E-state index is 13.3. The van der Waals surface area contributed by atoms with Crippen LogP contribution in [-0.4, -0.2) is 40.3 Å². The summed E-state index contributed by atoms with van der Waals surface area (Å²) >= 11 is 1.10. The first-order valence-electron chi connectivity index (χ1n) is 9.65. The summed E-state index contributed by atoms with van der Waals surface area (Å²) < 4.78 is 18.6. The van der Waals surface area contributed by atoms with Crippen molar-refractivity contribution in [2.24, 2.45) is 0 Å². The van der Waals surface area contributed by atoms with Crippen LogP contribution in [0, 0.1) is 12.7 Å². The fourth-order valence-electron chi connectivity index (χ4n) is 3.04. The van der Waals surface area contributed by atoms with E-state index in [1.54, 1.807) is 63.5 Å². The second-order valence-corrected chi connectivity index (χ2v) is 8.28. The fourth-order valence-corrected chi connectivity index (χ4v) is 3.70. The lowest BCUT2D eigenvalue weighted by molar-refractivity contribution is 0.102. The third kappa shape index (κ3) is 4.47. The molecule has 32 heavy (non-hydrogen) atoms. The number of rotatable bonds is 4. The largest absolute Gasteiger partial charge is 0.339 e. The summed E-state index contributed by atoms with van der Waals surface area (Å²) in [7, 11) is 3.37. The van der Waals surface area contributed by atoms with Crippen LogP contribution in [-0.2, 0) is 0 Å². The highest BCUT2D eigenvalue weighted by atomic mass is 32.2. The van der Waals surface area contributed by atoms with Crippen molar-refractivity contribution in [2.75, 3.05) is 19.4 Å².